The number of ether oxygens (including phenoxy) is 1. The predicted molar refractivity (Wildman–Crippen MR) is 130 cm³/mol. The van der Waals surface area contributed by atoms with Crippen molar-refractivity contribution in [2.24, 2.45) is 16.8 Å². The maximum absolute atomic E-state index is 13.9. The molecule has 36 heavy (non-hydrogen) atoms. The van der Waals surface area contributed by atoms with Gasteiger partial charge in [-0.3, -0.25) is 9.59 Å². The number of carbonyl (C=O) groups is 2. The lowest BCUT2D eigenvalue weighted by Crippen LogP contribution is -2.43. The lowest BCUT2D eigenvalue weighted by molar-refractivity contribution is -0.139. The highest BCUT2D eigenvalue weighted by Crippen LogP contribution is 2.39. The number of pyridine rings is 1. The zero-order chi connectivity index (χ0) is 26.5. The number of hydrogen-bond donors (Lipinski definition) is 3. The fourth-order valence-corrected chi connectivity index (χ4v) is 3.98. The van der Waals surface area contributed by atoms with Crippen molar-refractivity contribution in [1.29, 1.82) is 0 Å². The SMILES string of the molecule is CC(C)C[C@](C)(N)COc1ccc(-c2ccnc(NC(=O)CC3=NNC(=O)CC3)c2)cc1C(F)(F)F. The van der Waals surface area contributed by atoms with Crippen molar-refractivity contribution in [1.82, 2.24) is 10.4 Å². The quantitative estimate of drug-likeness (QED) is 0.464. The molecule has 0 radical (unpaired) electrons. The predicted octanol–water partition coefficient (Wildman–Crippen LogP) is 4.50. The molecular weight excluding hydrogens is 475 g/mol. The van der Waals surface area contributed by atoms with Gasteiger partial charge in [0.05, 0.1) is 12.0 Å². The van der Waals surface area contributed by atoms with E-state index in [-0.39, 0.29) is 48.4 Å². The smallest absolute Gasteiger partial charge is 0.419 e. The Morgan fingerprint density at radius 2 is 1.92 bits per heavy atom. The van der Waals surface area contributed by atoms with Crippen LogP contribution in [0.3, 0.4) is 0 Å². The minimum atomic E-state index is -4.64. The third-order valence-electron chi connectivity index (χ3n) is 5.42. The van der Waals surface area contributed by atoms with E-state index in [2.05, 4.69) is 20.8 Å². The first-order valence-electron chi connectivity index (χ1n) is 11.6. The number of anilines is 1. The average Bonchev–Trinajstić information content (AvgIpc) is 2.78. The number of halogens is 3. The van der Waals surface area contributed by atoms with E-state index in [1.54, 1.807) is 13.0 Å². The van der Waals surface area contributed by atoms with Crippen molar-refractivity contribution in [2.75, 3.05) is 11.9 Å². The summed E-state index contributed by atoms with van der Waals surface area (Å²) in [4.78, 5) is 27.6. The number of amides is 2. The van der Waals surface area contributed by atoms with Crippen LogP contribution in [-0.2, 0) is 15.8 Å². The molecule has 1 aliphatic heterocycles. The Kier molecular flexibility index (Phi) is 8.34. The summed E-state index contributed by atoms with van der Waals surface area (Å²) in [7, 11) is 0. The normalized spacial score (nSPS) is 15.7. The Morgan fingerprint density at radius 1 is 1.19 bits per heavy atom. The fraction of sp³-hybridized carbons (Fsp3) is 0.440. The molecule has 0 bridgehead atoms. The lowest BCUT2D eigenvalue weighted by Gasteiger charge is -2.27. The Bertz CT molecular complexity index is 1150. The molecule has 1 aromatic carbocycles. The average molecular weight is 506 g/mol. The number of nitrogens with one attached hydrogen (secondary N) is 2. The van der Waals surface area contributed by atoms with Gasteiger partial charge in [0.2, 0.25) is 11.8 Å². The number of carbonyl (C=O) groups excluding carboxylic acids is 2. The van der Waals surface area contributed by atoms with Gasteiger partial charge < -0.3 is 15.8 Å². The van der Waals surface area contributed by atoms with E-state index in [0.29, 0.717) is 24.1 Å². The molecule has 11 heteroatoms. The molecule has 3 rings (SSSR count). The van der Waals surface area contributed by atoms with E-state index < -0.39 is 23.2 Å². The van der Waals surface area contributed by atoms with Gasteiger partial charge in [-0.2, -0.15) is 18.3 Å². The van der Waals surface area contributed by atoms with E-state index in [4.69, 9.17) is 10.5 Å². The second-order valence-corrected chi connectivity index (χ2v) is 9.62. The van der Waals surface area contributed by atoms with Gasteiger partial charge in [-0.15, -0.1) is 0 Å². The second-order valence-electron chi connectivity index (χ2n) is 9.62. The summed E-state index contributed by atoms with van der Waals surface area (Å²) in [6.45, 7) is 5.65. The topological polar surface area (TPSA) is 119 Å². The standard InChI is InChI=1S/C25H30F3N5O3/c1-15(2)13-24(3,29)14-36-20-6-4-16(10-19(20)25(26,27)28)17-8-9-30-21(11-17)31-23(35)12-18-5-7-22(34)33-32-18/h4,6,8-11,15H,5,7,12-14,29H2,1-3H3,(H,33,34)(H,30,31,35)/t24-/m0/s1. The van der Waals surface area contributed by atoms with E-state index in [9.17, 15) is 22.8 Å². The first kappa shape index (κ1) is 27.1. The summed E-state index contributed by atoms with van der Waals surface area (Å²) >= 11 is 0. The van der Waals surface area contributed by atoms with Crippen molar-refractivity contribution in [3.63, 3.8) is 0 Å². The van der Waals surface area contributed by atoms with Gasteiger partial charge >= 0.3 is 6.18 Å². The summed E-state index contributed by atoms with van der Waals surface area (Å²) in [6, 6.07) is 6.83. The minimum Gasteiger partial charge on any atom is -0.491 e. The van der Waals surface area contributed by atoms with Crippen LogP contribution >= 0.6 is 0 Å². The molecule has 0 fully saturated rings. The number of aromatic nitrogens is 1. The van der Waals surface area contributed by atoms with Crippen LogP contribution < -0.4 is 21.2 Å². The van der Waals surface area contributed by atoms with Crippen LogP contribution in [0, 0.1) is 5.92 Å². The van der Waals surface area contributed by atoms with Crippen LogP contribution in [0.15, 0.2) is 41.6 Å². The van der Waals surface area contributed by atoms with Crippen LogP contribution in [0.1, 0.15) is 52.0 Å². The maximum atomic E-state index is 13.9. The maximum Gasteiger partial charge on any atom is 0.419 e. The van der Waals surface area contributed by atoms with Crippen LogP contribution in [0.2, 0.25) is 0 Å². The number of rotatable bonds is 9. The molecule has 1 aliphatic rings. The highest BCUT2D eigenvalue weighted by atomic mass is 19.4. The Hall–Kier alpha value is -3.47. The summed E-state index contributed by atoms with van der Waals surface area (Å²) in [5.41, 5.74) is 8.06. The van der Waals surface area contributed by atoms with Crippen LogP contribution in [0.5, 0.6) is 5.75 Å². The van der Waals surface area contributed by atoms with Crippen LogP contribution in [-0.4, -0.2) is 34.7 Å². The van der Waals surface area contributed by atoms with Crippen molar-refractivity contribution in [2.45, 2.75) is 58.2 Å². The summed E-state index contributed by atoms with van der Waals surface area (Å²) in [6.07, 6.45) is -2.06. The van der Waals surface area contributed by atoms with E-state index in [1.165, 1.54) is 24.4 Å². The van der Waals surface area contributed by atoms with Crippen molar-refractivity contribution in [3.8, 4) is 16.9 Å². The Labute approximate surface area is 207 Å². The molecule has 0 unspecified atom stereocenters. The molecule has 0 saturated heterocycles. The van der Waals surface area contributed by atoms with Gasteiger partial charge in [0.25, 0.3) is 0 Å². The van der Waals surface area contributed by atoms with Crippen LogP contribution in [0.4, 0.5) is 19.0 Å². The number of alkyl halides is 3. The number of nitrogens with zero attached hydrogens (tertiary/aromatic N) is 2. The van der Waals surface area contributed by atoms with Gasteiger partial charge in [-0.25, -0.2) is 10.4 Å². The molecule has 1 atom stereocenters. The molecule has 0 aliphatic carbocycles. The monoisotopic (exact) mass is 505 g/mol. The van der Waals surface area contributed by atoms with Crippen molar-refractivity contribution >= 4 is 23.3 Å². The van der Waals surface area contributed by atoms with E-state index in [1.807, 2.05) is 13.8 Å². The first-order valence-corrected chi connectivity index (χ1v) is 11.6. The van der Waals surface area contributed by atoms with Crippen molar-refractivity contribution in [3.05, 3.63) is 42.1 Å². The minimum absolute atomic E-state index is 0.0344. The molecule has 0 spiro atoms. The zero-order valence-corrected chi connectivity index (χ0v) is 20.4. The third-order valence-corrected chi connectivity index (χ3v) is 5.42. The summed E-state index contributed by atoms with van der Waals surface area (Å²) in [5, 5.41) is 6.47. The summed E-state index contributed by atoms with van der Waals surface area (Å²) < 4.78 is 47.1. The molecule has 194 valence electrons. The fourth-order valence-electron chi connectivity index (χ4n) is 3.98. The summed E-state index contributed by atoms with van der Waals surface area (Å²) in [5.74, 6) is -0.462. The molecule has 0 saturated carbocycles. The van der Waals surface area contributed by atoms with Gasteiger partial charge in [0.1, 0.15) is 18.2 Å². The van der Waals surface area contributed by atoms with Crippen molar-refractivity contribution < 1.29 is 27.5 Å². The molecule has 4 N–H and O–H groups in total. The first-order chi connectivity index (χ1) is 16.8. The molecule has 8 nitrogen and oxygen atoms in total. The highest BCUT2D eigenvalue weighted by molar-refractivity contribution is 6.07. The second kappa shape index (κ2) is 11.1. The largest absolute Gasteiger partial charge is 0.491 e. The number of benzene rings is 1. The molecule has 2 heterocycles. The molecule has 2 amide bonds. The van der Waals surface area contributed by atoms with Gasteiger partial charge in [-0.1, -0.05) is 19.9 Å². The van der Waals surface area contributed by atoms with E-state index >= 15 is 0 Å². The Morgan fingerprint density at radius 3 is 2.56 bits per heavy atom. The highest BCUT2D eigenvalue weighted by Gasteiger charge is 2.35. The van der Waals surface area contributed by atoms with Gasteiger partial charge in [-0.05, 0) is 61.1 Å². The van der Waals surface area contributed by atoms with Gasteiger partial charge in [0, 0.05) is 23.9 Å². The number of nitrogens with two attached hydrogens (primary N) is 1. The lowest BCUT2D eigenvalue weighted by atomic mass is 9.93. The molecule has 2 aromatic rings. The Balaban J connectivity index is 1.77. The van der Waals surface area contributed by atoms with Crippen LogP contribution in [0.25, 0.3) is 11.1 Å². The molecular formula is C25H30F3N5O3. The third kappa shape index (κ3) is 7.77. The molecule has 1 aromatic heterocycles. The zero-order valence-electron chi connectivity index (χ0n) is 20.4. The van der Waals surface area contributed by atoms with E-state index in [0.717, 1.165) is 6.07 Å². The van der Waals surface area contributed by atoms with Gasteiger partial charge in [0.15, 0.2) is 0 Å². The number of hydrogen-bond acceptors (Lipinski definition) is 6. The number of hydrazone groups is 1.